The third-order valence-corrected chi connectivity index (χ3v) is 4.39. The third-order valence-electron chi connectivity index (χ3n) is 4.39. The Labute approximate surface area is 181 Å². The highest BCUT2D eigenvalue weighted by atomic mass is 16.6. The molecule has 168 valence electrons. The van der Waals surface area contributed by atoms with E-state index in [1.54, 1.807) is 46.1 Å². The lowest BCUT2D eigenvalue weighted by Crippen LogP contribution is -2.38. The van der Waals surface area contributed by atoms with Crippen molar-refractivity contribution in [2.45, 2.75) is 39.0 Å². The Morgan fingerprint density at radius 2 is 1.77 bits per heavy atom. The minimum absolute atomic E-state index is 0.0806. The first kappa shape index (κ1) is 23.9. The number of benzene rings is 2. The fourth-order valence-electron chi connectivity index (χ4n) is 2.85. The second kappa shape index (κ2) is 10.1. The second-order valence-electron chi connectivity index (χ2n) is 7.90. The molecule has 1 atom stereocenters. The van der Waals surface area contributed by atoms with Gasteiger partial charge in [-0.15, -0.1) is 0 Å². The van der Waals surface area contributed by atoms with E-state index in [0.29, 0.717) is 22.6 Å². The van der Waals surface area contributed by atoms with Crippen LogP contribution in [0.15, 0.2) is 42.5 Å². The smallest absolute Gasteiger partial charge is 0.410 e. The van der Waals surface area contributed by atoms with Gasteiger partial charge in [0.05, 0.1) is 38.3 Å². The topological polar surface area (TPSA) is 111 Å². The van der Waals surface area contributed by atoms with Crippen LogP contribution in [0.3, 0.4) is 0 Å². The lowest BCUT2D eigenvalue weighted by Gasteiger charge is -2.29. The van der Waals surface area contributed by atoms with E-state index in [4.69, 9.17) is 14.2 Å². The maximum Gasteiger partial charge on any atom is 0.410 e. The molecule has 2 rings (SSSR count). The van der Waals surface area contributed by atoms with Crippen molar-refractivity contribution in [3.8, 4) is 11.5 Å². The number of carbonyl (C=O) groups excluding carboxylic acids is 1. The fraction of sp³-hybridized carbons (Fsp3) is 0.409. The molecule has 0 bridgehead atoms. The third kappa shape index (κ3) is 6.85. The number of nitro groups is 1. The fourth-order valence-corrected chi connectivity index (χ4v) is 2.85. The van der Waals surface area contributed by atoms with Crippen molar-refractivity contribution in [2.24, 2.45) is 0 Å². The number of aliphatic hydroxyl groups excluding tert-OH is 1. The van der Waals surface area contributed by atoms with Crippen molar-refractivity contribution >= 4 is 11.8 Å². The molecular weight excluding hydrogens is 404 g/mol. The van der Waals surface area contributed by atoms with Gasteiger partial charge in [0.1, 0.15) is 17.1 Å². The van der Waals surface area contributed by atoms with Gasteiger partial charge in [0.2, 0.25) is 0 Å². The summed E-state index contributed by atoms with van der Waals surface area (Å²) in [5.41, 5.74) is 0.339. The minimum Gasteiger partial charge on any atom is -0.497 e. The molecule has 0 spiro atoms. The number of nitrogens with zero attached hydrogens (tertiary/aromatic N) is 2. The molecule has 0 saturated carbocycles. The summed E-state index contributed by atoms with van der Waals surface area (Å²) in [4.78, 5) is 24.5. The first-order chi connectivity index (χ1) is 14.5. The normalized spacial score (nSPS) is 12.1. The maximum atomic E-state index is 12.8. The highest BCUT2D eigenvalue weighted by Crippen LogP contribution is 2.27. The monoisotopic (exact) mass is 432 g/mol. The Morgan fingerprint density at radius 1 is 1.13 bits per heavy atom. The standard InChI is InChI=1S/C22H28N2O7/c1-22(2,3)31-21(26)23(13-16-8-11-18(29-4)12-20(16)30-5)14-19(25)15-6-9-17(10-7-15)24(27)28/h6-12,19,25H,13-14H2,1-5H3. The SMILES string of the molecule is COc1ccc(CN(CC(O)c2ccc([N+](=O)[O-])cc2)C(=O)OC(C)(C)C)c(OC)c1. The van der Waals surface area contributed by atoms with E-state index in [9.17, 15) is 20.0 Å². The molecule has 0 heterocycles. The molecule has 2 aromatic carbocycles. The van der Waals surface area contributed by atoms with Crippen LogP contribution in [-0.2, 0) is 11.3 Å². The van der Waals surface area contributed by atoms with Gasteiger partial charge in [-0.2, -0.15) is 0 Å². The molecule has 0 aliphatic carbocycles. The van der Waals surface area contributed by atoms with E-state index in [0.717, 1.165) is 0 Å². The van der Waals surface area contributed by atoms with E-state index in [1.807, 2.05) is 0 Å². The largest absolute Gasteiger partial charge is 0.497 e. The summed E-state index contributed by atoms with van der Waals surface area (Å²) in [7, 11) is 3.06. The first-order valence-electron chi connectivity index (χ1n) is 9.65. The van der Waals surface area contributed by atoms with Crippen LogP contribution < -0.4 is 9.47 Å². The van der Waals surface area contributed by atoms with E-state index < -0.39 is 22.7 Å². The molecule has 0 aliphatic heterocycles. The van der Waals surface area contributed by atoms with Crippen LogP contribution in [0.4, 0.5) is 10.5 Å². The molecule has 1 N–H and O–H groups in total. The number of carbonyl (C=O) groups is 1. The molecule has 0 radical (unpaired) electrons. The average molecular weight is 432 g/mol. The minimum atomic E-state index is -1.07. The number of amides is 1. The summed E-state index contributed by atoms with van der Waals surface area (Å²) in [5.74, 6) is 1.13. The lowest BCUT2D eigenvalue weighted by atomic mass is 10.1. The summed E-state index contributed by atoms with van der Waals surface area (Å²) in [5, 5.41) is 21.5. The summed E-state index contributed by atoms with van der Waals surface area (Å²) < 4.78 is 16.1. The van der Waals surface area contributed by atoms with Crippen LogP contribution in [0.2, 0.25) is 0 Å². The lowest BCUT2D eigenvalue weighted by molar-refractivity contribution is -0.384. The molecule has 0 saturated heterocycles. The predicted octanol–water partition coefficient (Wildman–Crippen LogP) is 4.08. The van der Waals surface area contributed by atoms with Gasteiger partial charge in [0.25, 0.3) is 5.69 Å². The first-order valence-corrected chi connectivity index (χ1v) is 9.65. The van der Waals surface area contributed by atoms with Gasteiger partial charge in [-0.05, 0) is 50.6 Å². The average Bonchev–Trinajstić information content (AvgIpc) is 2.72. The van der Waals surface area contributed by atoms with Gasteiger partial charge in [0.15, 0.2) is 0 Å². The maximum absolute atomic E-state index is 12.8. The van der Waals surface area contributed by atoms with Crippen molar-refractivity contribution in [3.05, 3.63) is 63.7 Å². The summed E-state index contributed by atoms with van der Waals surface area (Å²) in [6.45, 7) is 5.30. The zero-order chi connectivity index (χ0) is 23.2. The summed E-state index contributed by atoms with van der Waals surface area (Å²) >= 11 is 0. The summed E-state index contributed by atoms with van der Waals surface area (Å²) in [6, 6.07) is 10.8. The van der Waals surface area contributed by atoms with Crippen LogP contribution in [-0.4, -0.2) is 47.4 Å². The van der Waals surface area contributed by atoms with E-state index in [2.05, 4.69) is 0 Å². The zero-order valence-corrected chi connectivity index (χ0v) is 18.3. The van der Waals surface area contributed by atoms with E-state index >= 15 is 0 Å². The molecule has 1 unspecified atom stereocenters. The molecule has 0 aliphatic rings. The van der Waals surface area contributed by atoms with Gasteiger partial charge in [-0.25, -0.2) is 4.79 Å². The number of rotatable bonds is 8. The molecule has 0 fully saturated rings. The van der Waals surface area contributed by atoms with Crippen molar-refractivity contribution in [2.75, 3.05) is 20.8 Å². The Hall–Kier alpha value is -3.33. The molecule has 31 heavy (non-hydrogen) atoms. The molecule has 0 aromatic heterocycles. The van der Waals surface area contributed by atoms with Crippen molar-refractivity contribution in [1.29, 1.82) is 0 Å². The second-order valence-corrected chi connectivity index (χ2v) is 7.90. The Kier molecular flexibility index (Phi) is 7.82. The Morgan fingerprint density at radius 3 is 2.29 bits per heavy atom. The Bertz CT molecular complexity index is 907. The number of hydrogen-bond donors (Lipinski definition) is 1. The molecule has 1 amide bonds. The molecule has 2 aromatic rings. The van der Waals surface area contributed by atoms with Crippen LogP contribution >= 0.6 is 0 Å². The van der Waals surface area contributed by atoms with Crippen LogP contribution in [0.25, 0.3) is 0 Å². The Balaban J connectivity index is 2.28. The van der Waals surface area contributed by atoms with E-state index in [-0.39, 0.29) is 18.8 Å². The zero-order valence-electron chi connectivity index (χ0n) is 18.3. The van der Waals surface area contributed by atoms with Gasteiger partial charge >= 0.3 is 6.09 Å². The van der Waals surface area contributed by atoms with Gasteiger partial charge < -0.3 is 24.2 Å². The number of aliphatic hydroxyl groups is 1. The van der Waals surface area contributed by atoms with Crippen molar-refractivity contribution < 1.29 is 29.0 Å². The van der Waals surface area contributed by atoms with Crippen LogP contribution in [0.1, 0.15) is 38.0 Å². The van der Waals surface area contributed by atoms with E-state index in [1.165, 1.54) is 36.3 Å². The van der Waals surface area contributed by atoms with Crippen LogP contribution in [0, 0.1) is 10.1 Å². The number of hydrogen-bond acceptors (Lipinski definition) is 7. The highest BCUT2D eigenvalue weighted by molar-refractivity contribution is 5.68. The predicted molar refractivity (Wildman–Crippen MR) is 114 cm³/mol. The molecular formula is C22H28N2O7. The number of nitro benzene ring substituents is 1. The van der Waals surface area contributed by atoms with Gasteiger partial charge in [0, 0.05) is 23.8 Å². The quantitative estimate of drug-likeness (QED) is 0.494. The van der Waals surface area contributed by atoms with Gasteiger partial charge in [-0.3, -0.25) is 10.1 Å². The van der Waals surface area contributed by atoms with Crippen LogP contribution in [0.5, 0.6) is 11.5 Å². The number of ether oxygens (including phenoxy) is 3. The number of non-ortho nitro benzene ring substituents is 1. The number of methoxy groups -OCH3 is 2. The molecule has 9 nitrogen and oxygen atoms in total. The van der Waals surface area contributed by atoms with Crippen molar-refractivity contribution in [1.82, 2.24) is 4.90 Å². The van der Waals surface area contributed by atoms with Crippen molar-refractivity contribution in [3.63, 3.8) is 0 Å². The highest BCUT2D eigenvalue weighted by Gasteiger charge is 2.26. The van der Waals surface area contributed by atoms with Gasteiger partial charge in [-0.1, -0.05) is 0 Å². The summed E-state index contributed by atoms with van der Waals surface area (Å²) in [6.07, 6.45) is -1.68. The molecule has 9 heteroatoms.